The molecule has 1 aliphatic heterocycles. The maximum Gasteiger partial charge on any atom is 0.351 e. The topological polar surface area (TPSA) is 111 Å². The standard InChI is InChI=1S/C12H11FIN3O4/c13-3-7-9(19)8(5-18)21-11(7)17-4-6(1-2-14)10(15)16-12(17)20/h3-4,8-9,11,18-19H,5H2,(H2,15,16,20). The summed E-state index contributed by atoms with van der Waals surface area (Å²) >= 11 is 1.79. The van der Waals surface area contributed by atoms with Crippen LogP contribution in [0.4, 0.5) is 10.2 Å². The van der Waals surface area contributed by atoms with Crippen molar-refractivity contribution in [1.29, 1.82) is 0 Å². The molecule has 4 N–H and O–H groups in total. The molecule has 0 radical (unpaired) electrons. The highest BCUT2D eigenvalue weighted by Gasteiger charge is 2.40. The summed E-state index contributed by atoms with van der Waals surface area (Å²) in [7, 11) is 0. The molecule has 0 aliphatic carbocycles. The van der Waals surface area contributed by atoms with Crippen LogP contribution in [0, 0.1) is 9.85 Å². The van der Waals surface area contributed by atoms with Crippen molar-refractivity contribution in [2.45, 2.75) is 18.4 Å². The Labute approximate surface area is 132 Å². The Balaban J connectivity index is 2.53. The third-order valence-electron chi connectivity index (χ3n) is 3.00. The highest BCUT2D eigenvalue weighted by molar-refractivity contribution is 14.1. The van der Waals surface area contributed by atoms with Crippen LogP contribution in [0.3, 0.4) is 0 Å². The Morgan fingerprint density at radius 1 is 1.67 bits per heavy atom. The second-order valence-electron chi connectivity index (χ2n) is 4.21. The predicted molar refractivity (Wildman–Crippen MR) is 80.0 cm³/mol. The fourth-order valence-electron chi connectivity index (χ4n) is 1.96. The molecule has 3 unspecified atom stereocenters. The van der Waals surface area contributed by atoms with Crippen molar-refractivity contribution >= 4 is 28.4 Å². The lowest BCUT2D eigenvalue weighted by Gasteiger charge is -2.15. The molecule has 3 atom stereocenters. The van der Waals surface area contributed by atoms with Crippen LogP contribution >= 0.6 is 22.6 Å². The van der Waals surface area contributed by atoms with Gasteiger partial charge in [0.15, 0.2) is 6.23 Å². The number of rotatable bonds is 2. The van der Waals surface area contributed by atoms with E-state index >= 15 is 0 Å². The summed E-state index contributed by atoms with van der Waals surface area (Å²) in [4.78, 5) is 15.5. The fourth-order valence-corrected chi connectivity index (χ4v) is 2.25. The molecule has 1 aliphatic rings. The zero-order valence-electron chi connectivity index (χ0n) is 10.5. The van der Waals surface area contributed by atoms with E-state index in [9.17, 15) is 14.3 Å². The van der Waals surface area contributed by atoms with Gasteiger partial charge >= 0.3 is 5.69 Å². The molecular formula is C12H11FIN3O4. The maximum atomic E-state index is 13.0. The molecule has 1 aromatic rings. The van der Waals surface area contributed by atoms with Crippen LogP contribution < -0.4 is 11.4 Å². The molecule has 1 aromatic heterocycles. The molecule has 0 bridgehead atoms. The lowest BCUT2D eigenvalue weighted by atomic mass is 10.1. The summed E-state index contributed by atoms with van der Waals surface area (Å²) in [5, 5.41) is 18.9. The maximum absolute atomic E-state index is 13.0. The molecular weight excluding hydrogens is 396 g/mol. The average Bonchev–Trinajstić information content (AvgIpc) is 2.78. The molecule has 0 amide bonds. The smallest absolute Gasteiger partial charge is 0.351 e. The number of ether oxygens (including phenoxy) is 1. The van der Waals surface area contributed by atoms with Crippen molar-refractivity contribution in [3.63, 3.8) is 0 Å². The van der Waals surface area contributed by atoms with Crippen molar-refractivity contribution < 1.29 is 19.3 Å². The number of nitrogens with zero attached hydrogens (tertiary/aromatic N) is 2. The molecule has 0 spiro atoms. The van der Waals surface area contributed by atoms with E-state index in [4.69, 9.17) is 15.6 Å². The summed E-state index contributed by atoms with van der Waals surface area (Å²) < 4.78 is 21.8. The van der Waals surface area contributed by atoms with E-state index in [1.54, 1.807) is 22.6 Å². The van der Waals surface area contributed by atoms with Crippen molar-refractivity contribution in [2.24, 2.45) is 0 Å². The van der Waals surface area contributed by atoms with Gasteiger partial charge in [-0.05, 0) is 3.93 Å². The molecule has 0 saturated carbocycles. The molecule has 1 fully saturated rings. The minimum atomic E-state index is -1.35. The van der Waals surface area contributed by atoms with E-state index in [2.05, 4.69) is 14.8 Å². The van der Waals surface area contributed by atoms with Gasteiger partial charge in [-0.3, -0.25) is 4.57 Å². The van der Waals surface area contributed by atoms with E-state index in [1.807, 2.05) is 0 Å². The van der Waals surface area contributed by atoms with E-state index < -0.39 is 30.7 Å². The summed E-state index contributed by atoms with van der Waals surface area (Å²) in [6, 6.07) is 0. The second kappa shape index (κ2) is 6.52. The van der Waals surface area contributed by atoms with Gasteiger partial charge in [-0.1, -0.05) is 5.92 Å². The van der Waals surface area contributed by atoms with Crippen molar-refractivity contribution in [1.82, 2.24) is 9.55 Å². The number of halogens is 2. The summed E-state index contributed by atoms with van der Waals surface area (Å²) in [5.74, 6) is 2.59. The van der Waals surface area contributed by atoms with Gasteiger partial charge in [-0.25, -0.2) is 9.18 Å². The monoisotopic (exact) mass is 407 g/mol. The summed E-state index contributed by atoms with van der Waals surface area (Å²) in [6.07, 6.45) is -2.17. The van der Waals surface area contributed by atoms with Gasteiger partial charge in [0.2, 0.25) is 0 Å². The van der Waals surface area contributed by atoms with Gasteiger partial charge in [-0.15, -0.1) is 0 Å². The van der Waals surface area contributed by atoms with Crippen molar-refractivity contribution in [3.05, 3.63) is 34.1 Å². The molecule has 2 rings (SSSR count). The largest absolute Gasteiger partial charge is 0.394 e. The third-order valence-corrected chi connectivity index (χ3v) is 3.27. The normalized spacial score (nSPS) is 26.7. The molecule has 2 heterocycles. The number of hydrogen-bond donors (Lipinski definition) is 3. The lowest BCUT2D eigenvalue weighted by Crippen LogP contribution is -2.29. The van der Waals surface area contributed by atoms with Crippen LogP contribution in [0.15, 0.2) is 22.9 Å². The first-order chi connectivity index (χ1) is 10.0. The highest BCUT2D eigenvalue weighted by Crippen LogP contribution is 2.33. The molecule has 9 heteroatoms. The molecule has 21 heavy (non-hydrogen) atoms. The first-order valence-corrected chi connectivity index (χ1v) is 6.86. The number of hydrogen-bond acceptors (Lipinski definition) is 6. The summed E-state index contributed by atoms with van der Waals surface area (Å²) in [5.41, 5.74) is 4.88. The molecule has 0 aromatic carbocycles. The van der Waals surface area contributed by atoms with Crippen LogP contribution in [0.5, 0.6) is 0 Å². The van der Waals surface area contributed by atoms with Gasteiger partial charge in [0, 0.05) is 34.4 Å². The van der Waals surface area contributed by atoms with E-state index in [0.29, 0.717) is 0 Å². The predicted octanol–water partition coefficient (Wildman–Crippen LogP) is -0.326. The molecule has 7 nitrogen and oxygen atoms in total. The quantitative estimate of drug-likeness (QED) is 0.458. The Morgan fingerprint density at radius 2 is 2.38 bits per heavy atom. The van der Waals surface area contributed by atoms with E-state index in [-0.39, 0.29) is 23.3 Å². The number of nitrogens with two attached hydrogens (primary N) is 1. The molecule has 1 saturated heterocycles. The molecule has 112 valence electrons. The number of aliphatic hydroxyl groups is 2. The van der Waals surface area contributed by atoms with Gasteiger partial charge in [0.05, 0.1) is 18.5 Å². The minimum absolute atomic E-state index is 0.0524. The number of aliphatic hydroxyl groups excluding tert-OH is 2. The van der Waals surface area contributed by atoms with Crippen LogP contribution in [0.25, 0.3) is 0 Å². The van der Waals surface area contributed by atoms with Crippen LogP contribution in [-0.2, 0) is 4.74 Å². The summed E-state index contributed by atoms with van der Waals surface area (Å²) in [6.45, 7) is -0.521. The Kier molecular flexibility index (Phi) is 4.94. The second-order valence-corrected chi connectivity index (χ2v) is 4.75. The van der Waals surface area contributed by atoms with Gasteiger partial charge in [-0.2, -0.15) is 4.98 Å². The Bertz CT molecular complexity index is 694. The Morgan fingerprint density at radius 3 is 2.95 bits per heavy atom. The van der Waals surface area contributed by atoms with Crippen molar-refractivity contribution in [2.75, 3.05) is 12.3 Å². The van der Waals surface area contributed by atoms with Crippen molar-refractivity contribution in [3.8, 4) is 9.85 Å². The Hall–Kier alpha value is -1.48. The van der Waals surface area contributed by atoms with E-state index in [0.717, 1.165) is 4.57 Å². The van der Waals surface area contributed by atoms with Gasteiger partial charge < -0.3 is 20.7 Å². The van der Waals surface area contributed by atoms with Crippen LogP contribution in [0.1, 0.15) is 11.8 Å². The van der Waals surface area contributed by atoms with Gasteiger partial charge in [0.25, 0.3) is 0 Å². The fraction of sp³-hybridized carbons (Fsp3) is 0.333. The zero-order chi connectivity index (χ0) is 15.6. The van der Waals surface area contributed by atoms with Crippen LogP contribution in [0.2, 0.25) is 0 Å². The first kappa shape index (κ1) is 15.9. The number of nitrogen functional groups attached to an aromatic ring is 1. The number of aromatic nitrogens is 2. The zero-order valence-corrected chi connectivity index (χ0v) is 12.7. The van der Waals surface area contributed by atoms with E-state index in [1.165, 1.54) is 6.20 Å². The number of anilines is 1. The average molecular weight is 407 g/mol. The first-order valence-electron chi connectivity index (χ1n) is 5.78. The lowest BCUT2D eigenvalue weighted by molar-refractivity contribution is -0.0447. The van der Waals surface area contributed by atoms with Gasteiger partial charge in [0.1, 0.15) is 18.0 Å². The highest BCUT2D eigenvalue weighted by atomic mass is 127. The third kappa shape index (κ3) is 2.93. The minimum Gasteiger partial charge on any atom is -0.394 e. The van der Waals surface area contributed by atoms with Crippen LogP contribution in [-0.4, -0.2) is 38.6 Å². The SMILES string of the molecule is Nc1nc(=O)n(C2OC(CO)C(O)C2=CF)cc1C#CI.